The van der Waals surface area contributed by atoms with E-state index in [4.69, 9.17) is 0 Å². The molecule has 0 amide bonds. The van der Waals surface area contributed by atoms with Crippen LogP contribution in [0.3, 0.4) is 0 Å². The van der Waals surface area contributed by atoms with E-state index in [2.05, 4.69) is 46.5 Å². The first-order valence-corrected chi connectivity index (χ1v) is 17.1. The molecule has 0 unspecified atom stereocenters. The van der Waals surface area contributed by atoms with Crippen molar-refractivity contribution in [2.45, 2.75) is 154 Å². The Labute approximate surface area is 237 Å². The summed E-state index contributed by atoms with van der Waals surface area (Å²) in [6.45, 7) is 4.74. The minimum atomic E-state index is 1.12. The van der Waals surface area contributed by atoms with E-state index in [1.807, 2.05) is 0 Å². The Balaban J connectivity index is 1.31. The van der Waals surface area contributed by atoms with E-state index in [1.54, 1.807) is 11.1 Å². The van der Waals surface area contributed by atoms with Crippen molar-refractivity contribution in [2.24, 2.45) is 0 Å². The lowest BCUT2D eigenvalue weighted by atomic mass is 10.0. The summed E-state index contributed by atoms with van der Waals surface area (Å²) >= 11 is 0. The van der Waals surface area contributed by atoms with Crippen molar-refractivity contribution in [2.75, 3.05) is 26.2 Å². The third kappa shape index (κ3) is 15.2. The maximum Gasteiger partial charge on any atom is 0.0357 e. The molecule has 3 rings (SSSR count). The summed E-state index contributed by atoms with van der Waals surface area (Å²) in [5.41, 5.74) is 3.13. The lowest BCUT2D eigenvalue weighted by Gasteiger charge is -2.23. The molecular weight excluding hydrogens is 460 g/mol. The molecule has 0 aromatic carbocycles. The highest BCUT2D eigenvalue weighted by molar-refractivity contribution is 5.22. The number of allylic oxidation sites excluding steroid dienone is 4. The Morgan fingerprint density at radius 3 is 0.974 bits per heavy atom. The molecule has 0 saturated carbocycles. The van der Waals surface area contributed by atoms with Crippen LogP contribution in [0.4, 0.5) is 0 Å². The molecule has 0 saturated heterocycles. The molecule has 0 N–H and O–H groups in total. The SMILES string of the molecule is C1=CC2=CN(C1)CCCCCCCCCCCCCC1=CN(CC=C1)CCCCCCCCCCCCC2. The van der Waals surface area contributed by atoms with E-state index >= 15 is 0 Å². The van der Waals surface area contributed by atoms with Gasteiger partial charge in [0, 0.05) is 38.6 Å². The topological polar surface area (TPSA) is 6.48 Å². The van der Waals surface area contributed by atoms with Crippen LogP contribution in [0, 0.1) is 0 Å². The van der Waals surface area contributed by atoms with E-state index in [1.165, 1.54) is 167 Å². The highest BCUT2D eigenvalue weighted by Gasteiger charge is 2.07. The Hall–Kier alpha value is -1.44. The fourth-order valence-electron chi connectivity index (χ4n) is 6.42. The molecular formula is C36H62N2. The fourth-order valence-corrected chi connectivity index (χ4v) is 6.42. The molecule has 0 spiro atoms. The molecule has 0 aromatic heterocycles. The zero-order valence-corrected chi connectivity index (χ0v) is 25.2. The zero-order chi connectivity index (χ0) is 26.4. The van der Waals surface area contributed by atoms with Gasteiger partial charge in [0.15, 0.2) is 0 Å². The minimum Gasteiger partial charge on any atom is -0.373 e. The molecule has 38 heavy (non-hydrogen) atoms. The van der Waals surface area contributed by atoms with Crippen LogP contribution in [-0.2, 0) is 0 Å². The first-order chi connectivity index (χ1) is 18.9. The highest BCUT2D eigenvalue weighted by atomic mass is 15.1. The Bertz CT molecular complexity index is 640. The minimum absolute atomic E-state index is 1.12. The second-order valence-corrected chi connectivity index (χ2v) is 12.5. The monoisotopic (exact) mass is 522 g/mol. The van der Waals surface area contributed by atoms with Crippen molar-refractivity contribution in [1.82, 2.24) is 9.80 Å². The van der Waals surface area contributed by atoms with E-state index < -0.39 is 0 Å². The van der Waals surface area contributed by atoms with Gasteiger partial charge in [0.1, 0.15) is 0 Å². The van der Waals surface area contributed by atoms with Crippen LogP contribution in [0.1, 0.15) is 154 Å². The van der Waals surface area contributed by atoms with Gasteiger partial charge in [0.05, 0.1) is 0 Å². The van der Waals surface area contributed by atoms with Crippen LogP contribution in [0.5, 0.6) is 0 Å². The maximum absolute atomic E-state index is 2.56. The maximum atomic E-state index is 2.56. The van der Waals surface area contributed by atoms with Gasteiger partial charge in [0.2, 0.25) is 0 Å². The van der Waals surface area contributed by atoms with Crippen molar-refractivity contribution >= 4 is 0 Å². The van der Waals surface area contributed by atoms with Gasteiger partial charge in [0.25, 0.3) is 0 Å². The Kier molecular flexibility index (Phi) is 17.5. The Morgan fingerprint density at radius 1 is 0.342 bits per heavy atom. The summed E-state index contributed by atoms with van der Waals surface area (Å²) in [4.78, 5) is 5.13. The first kappa shape index (κ1) is 31.1. The number of hydrogen-bond acceptors (Lipinski definition) is 2. The quantitative estimate of drug-likeness (QED) is 0.312. The predicted octanol–water partition coefficient (Wildman–Crippen LogP) is 10.9. The molecule has 3 aliphatic rings. The molecule has 216 valence electrons. The van der Waals surface area contributed by atoms with E-state index in [0.29, 0.717) is 0 Å². The van der Waals surface area contributed by atoms with Crippen LogP contribution in [0.25, 0.3) is 0 Å². The van der Waals surface area contributed by atoms with Crippen molar-refractivity contribution < 1.29 is 0 Å². The summed E-state index contributed by atoms with van der Waals surface area (Å²) < 4.78 is 0. The van der Waals surface area contributed by atoms with E-state index in [9.17, 15) is 0 Å². The third-order valence-corrected chi connectivity index (χ3v) is 8.86. The summed E-state index contributed by atoms with van der Waals surface area (Å²) in [7, 11) is 0. The molecule has 0 radical (unpaired) electrons. The predicted molar refractivity (Wildman–Crippen MR) is 168 cm³/mol. The molecule has 2 heteroatoms. The highest BCUT2D eigenvalue weighted by Crippen LogP contribution is 2.20. The summed E-state index contributed by atoms with van der Waals surface area (Å²) in [6.07, 6.45) is 48.3. The summed E-state index contributed by atoms with van der Waals surface area (Å²) in [6, 6.07) is 0. The molecule has 3 heterocycles. The van der Waals surface area contributed by atoms with Gasteiger partial charge in [-0.1, -0.05) is 140 Å². The van der Waals surface area contributed by atoms with Crippen LogP contribution >= 0.6 is 0 Å². The molecule has 3 aliphatic heterocycles. The average molecular weight is 523 g/mol. The van der Waals surface area contributed by atoms with Crippen LogP contribution < -0.4 is 0 Å². The smallest absolute Gasteiger partial charge is 0.0357 e. The average Bonchev–Trinajstić information content (AvgIpc) is 2.94. The molecule has 0 aromatic rings. The van der Waals surface area contributed by atoms with Gasteiger partial charge < -0.3 is 9.80 Å². The number of hydrogen-bond donors (Lipinski definition) is 0. The second-order valence-electron chi connectivity index (χ2n) is 12.5. The van der Waals surface area contributed by atoms with Gasteiger partial charge >= 0.3 is 0 Å². The molecule has 0 atom stereocenters. The molecule has 0 fully saturated rings. The van der Waals surface area contributed by atoms with Gasteiger partial charge in [-0.15, -0.1) is 0 Å². The van der Waals surface area contributed by atoms with E-state index in [-0.39, 0.29) is 0 Å². The van der Waals surface area contributed by atoms with Crippen LogP contribution in [-0.4, -0.2) is 36.0 Å². The summed E-state index contributed by atoms with van der Waals surface area (Å²) in [5, 5.41) is 0. The lowest BCUT2D eigenvalue weighted by Crippen LogP contribution is -2.21. The van der Waals surface area contributed by atoms with Crippen molar-refractivity contribution in [3.05, 3.63) is 47.9 Å². The fraction of sp³-hybridized carbons (Fsp3) is 0.778. The first-order valence-electron chi connectivity index (χ1n) is 17.1. The summed E-state index contributed by atoms with van der Waals surface area (Å²) in [5.74, 6) is 0. The van der Waals surface area contributed by atoms with Gasteiger partial charge in [-0.3, -0.25) is 0 Å². The number of rotatable bonds is 0. The van der Waals surface area contributed by atoms with Crippen molar-refractivity contribution in [1.29, 1.82) is 0 Å². The van der Waals surface area contributed by atoms with Crippen LogP contribution in [0.15, 0.2) is 47.9 Å². The van der Waals surface area contributed by atoms with Gasteiger partial charge in [-0.25, -0.2) is 0 Å². The van der Waals surface area contributed by atoms with Gasteiger partial charge in [-0.2, -0.15) is 0 Å². The third-order valence-electron chi connectivity index (χ3n) is 8.86. The number of fused-ring (bicyclic) bond motifs is 2. The van der Waals surface area contributed by atoms with E-state index in [0.717, 1.165) is 13.1 Å². The zero-order valence-electron chi connectivity index (χ0n) is 25.2. The number of nitrogens with zero attached hydrogens (tertiary/aromatic N) is 2. The normalized spacial score (nSPS) is 24.0. The van der Waals surface area contributed by atoms with Crippen molar-refractivity contribution in [3.8, 4) is 0 Å². The lowest BCUT2D eigenvalue weighted by molar-refractivity contribution is 0.386. The van der Waals surface area contributed by atoms with Crippen molar-refractivity contribution in [3.63, 3.8) is 0 Å². The Morgan fingerprint density at radius 2 is 0.632 bits per heavy atom. The molecule has 2 nitrogen and oxygen atoms in total. The largest absolute Gasteiger partial charge is 0.373 e. The molecule has 4 bridgehead atoms. The second kappa shape index (κ2) is 21.4. The van der Waals surface area contributed by atoms with Gasteiger partial charge in [-0.05, 0) is 49.7 Å². The standard InChI is InChI=1S/C36H62N2/c1-3-7-11-15-19-25-35-27-23-32-38(33-35)30-22-18-14-10-6-2-4-8-12-16-20-26-36-28-24-31-37(34-36)29-21-17-13-9-5-1/h23-24,27-28,33-34H,1-22,25-26,29-32H2. The van der Waals surface area contributed by atoms with Crippen LogP contribution in [0.2, 0.25) is 0 Å². The molecule has 0 aliphatic carbocycles.